The van der Waals surface area contributed by atoms with Crippen molar-refractivity contribution >= 4 is 39.1 Å². The predicted octanol–water partition coefficient (Wildman–Crippen LogP) is 4.59. The lowest BCUT2D eigenvalue weighted by molar-refractivity contribution is 0.408. The van der Waals surface area contributed by atoms with Gasteiger partial charge in [0.1, 0.15) is 16.3 Å². The average molecular weight is 453 g/mol. The first-order valence-corrected chi connectivity index (χ1v) is 11.4. The molecule has 0 fully saturated rings. The van der Waals surface area contributed by atoms with Gasteiger partial charge in [-0.15, -0.1) is 21.5 Å². The number of hydrogen-bond donors (Lipinski definition) is 0. The Kier molecular flexibility index (Phi) is 5.21. The van der Waals surface area contributed by atoms with Crippen LogP contribution >= 0.6 is 23.1 Å². The van der Waals surface area contributed by atoms with E-state index in [1.54, 1.807) is 23.8 Å². The van der Waals surface area contributed by atoms with Crippen LogP contribution in [0.15, 0.2) is 69.9 Å². The molecular weight excluding hydrogens is 435 g/mol. The van der Waals surface area contributed by atoms with Crippen LogP contribution in [0.1, 0.15) is 11.1 Å². The normalized spacial score (nSPS) is 11.4. The van der Waals surface area contributed by atoms with Gasteiger partial charge in [-0.2, -0.15) is 0 Å². The molecule has 0 atom stereocenters. The molecule has 3 aromatic heterocycles. The van der Waals surface area contributed by atoms with E-state index >= 15 is 0 Å². The first kappa shape index (κ1) is 19.8. The summed E-state index contributed by atoms with van der Waals surface area (Å²) >= 11 is 2.89. The number of nitrogens with zero attached hydrogens (tertiary/aromatic N) is 4. The zero-order valence-corrected chi connectivity index (χ0v) is 18.1. The highest BCUT2D eigenvalue weighted by molar-refractivity contribution is 7.98. The Morgan fingerprint density at radius 3 is 2.71 bits per heavy atom. The Labute approximate surface area is 184 Å². The molecule has 0 radical (unpaired) electrons. The quantitative estimate of drug-likeness (QED) is 0.353. The number of hydrogen-bond acceptors (Lipinski definition) is 6. The molecule has 0 N–H and O–H groups in total. The number of para-hydroxylation sites is 1. The Balaban J connectivity index is 1.60. The zero-order valence-electron chi connectivity index (χ0n) is 16.5. The Hall–Kier alpha value is -3.17. The number of thiophene rings is 1. The number of rotatable bonds is 6. The van der Waals surface area contributed by atoms with Crippen molar-refractivity contribution in [3.63, 3.8) is 0 Å². The van der Waals surface area contributed by atoms with Gasteiger partial charge in [-0.1, -0.05) is 42.1 Å². The van der Waals surface area contributed by atoms with Gasteiger partial charge < -0.3 is 4.74 Å². The lowest BCUT2D eigenvalue weighted by Gasteiger charge is -2.12. The highest BCUT2D eigenvalue weighted by Crippen LogP contribution is 2.27. The fourth-order valence-electron chi connectivity index (χ4n) is 3.47. The fraction of sp³-hybridized carbons (Fsp3) is 0.136. The molecule has 156 valence electrons. The number of halogens is 1. The van der Waals surface area contributed by atoms with Gasteiger partial charge in [-0.25, -0.2) is 4.39 Å². The molecule has 5 rings (SSSR count). The molecule has 0 unspecified atom stereocenters. The Morgan fingerprint density at radius 2 is 1.90 bits per heavy atom. The summed E-state index contributed by atoms with van der Waals surface area (Å²) in [6.07, 6.45) is 0. The van der Waals surface area contributed by atoms with Gasteiger partial charge >= 0.3 is 0 Å². The minimum atomic E-state index is -0.262. The van der Waals surface area contributed by atoms with E-state index < -0.39 is 0 Å². The predicted molar refractivity (Wildman–Crippen MR) is 121 cm³/mol. The summed E-state index contributed by atoms with van der Waals surface area (Å²) in [5, 5.41) is 11.3. The minimum absolute atomic E-state index is 0.106. The van der Waals surface area contributed by atoms with E-state index in [-0.39, 0.29) is 11.4 Å². The topological polar surface area (TPSA) is 61.4 Å². The molecule has 0 bridgehead atoms. The van der Waals surface area contributed by atoms with E-state index in [0.29, 0.717) is 33.7 Å². The first-order chi connectivity index (χ1) is 15.2. The maximum absolute atomic E-state index is 13.2. The van der Waals surface area contributed by atoms with Crippen molar-refractivity contribution in [1.82, 2.24) is 19.2 Å². The SMILES string of the molecule is COc1ccccc1Cn1c(=O)c2sccc2n2c(SCc3ccc(F)cc3)nnc12. The van der Waals surface area contributed by atoms with Gasteiger partial charge in [-0.3, -0.25) is 13.8 Å². The molecule has 31 heavy (non-hydrogen) atoms. The molecule has 9 heteroatoms. The van der Waals surface area contributed by atoms with Gasteiger partial charge in [0, 0.05) is 11.3 Å². The molecule has 3 heterocycles. The number of ether oxygens (including phenoxy) is 1. The molecule has 0 aliphatic heterocycles. The highest BCUT2D eigenvalue weighted by atomic mass is 32.2. The summed E-state index contributed by atoms with van der Waals surface area (Å²) in [6.45, 7) is 0.320. The van der Waals surface area contributed by atoms with Crippen LogP contribution in [-0.2, 0) is 12.3 Å². The Morgan fingerprint density at radius 1 is 1.10 bits per heavy atom. The van der Waals surface area contributed by atoms with Crippen LogP contribution in [0, 0.1) is 5.82 Å². The summed E-state index contributed by atoms with van der Waals surface area (Å²) < 4.78 is 22.8. The molecule has 5 aromatic rings. The van der Waals surface area contributed by atoms with Crippen LogP contribution < -0.4 is 10.3 Å². The second-order valence-corrected chi connectivity index (χ2v) is 8.73. The van der Waals surface area contributed by atoms with Crippen molar-refractivity contribution in [2.24, 2.45) is 0 Å². The number of methoxy groups -OCH3 is 1. The van der Waals surface area contributed by atoms with Gasteiger partial charge in [0.05, 0.1) is 19.2 Å². The van der Waals surface area contributed by atoms with Crippen LogP contribution in [0.25, 0.3) is 16.0 Å². The van der Waals surface area contributed by atoms with Gasteiger partial charge in [0.15, 0.2) is 5.16 Å². The van der Waals surface area contributed by atoms with Crippen molar-refractivity contribution in [1.29, 1.82) is 0 Å². The third kappa shape index (κ3) is 3.60. The molecule has 0 saturated carbocycles. The van der Waals surface area contributed by atoms with Crippen LogP contribution in [0.5, 0.6) is 5.75 Å². The van der Waals surface area contributed by atoms with Crippen molar-refractivity contribution in [2.45, 2.75) is 17.5 Å². The van der Waals surface area contributed by atoms with Crippen LogP contribution in [-0.4, -0.2) is 26.3 Å². The molecular formula is C22H17FN4O2S2. The minimum Gasteiger partial charge on any atom is -0.496 e. The number of benzene rings is 2. The van der Waals surface area contributed by atoms with E-state index in [2.05, 4.69) is 10.2 Å². The van der Waals surface area contributed by atoms with E-state index in [9.17, 15) is 9.18 Å². The standard InChI is InChI=1S/C22H17FN4O2S2/c1-29-18-5-3-2-4-15(18)12-26-20(28)19-17(10-11-30-19)27-21(26)24-25-22(27)31-13-14-6-8-16(23)9-7-14/h2-11H,12-13H2,1H3. The molecule has 0 amide bonds. The van der Waals surface area contributed by atoms with Crippen molar-refractivity contribution in [2.75, 3.05) is 7.11 Å². The Bertz CT molecular complexity index is 1440. The average Bonchev–Trinajstić information content (AvgIpc) is 3.43. The fourth-order valence-corrected chi connectivity index (χ4v) is 5.19. The second-order valence-electron chi connectivity index (χ2n) is 6.87. The molecule has 2 aromatic carbocycles. The largest absolute Gasteiger partial charge is 0.496 e. The summed E-state index contributed by atoms with van der Waals surface area (Å²) in [7, 11) is 1.61. The van der Waals surface area contributed by atoms with E-state index in [0.717, 1.165) is 16.6 Å². The first-order valence-electron chi connectivity index (χ1n) is 9.50. The summed E-state index contributed by atoms with van der Waals surface area (Å²) in [5.74, 6) is 1.54. The van der Waals surface area contributed by atoms with E-state index in [1.807, 2.05) is 40.1 Å². The molecule has 0 aliphatic rings. The molecule has 0 saturated heterocycles. The van der Waals surface area contributed by atoms with E-state index in [1.165, 1.54) is 35.2 Å². The summed E-state index contributed by atoms with van der Waals surface area (Å²) in [5.41, 5.74) is 2.54. The van der Waals surface area contributed by atoms with Crippen molar-refractivity contribution in [3.05, 3.63) is 87.3 Å². The lowest BCUT2D eigenvalue weighted by atomic mass is 10.2. The van der Waals surface area contributed by atoms with Gasteiger partial charge in [0.2, 0.25) is 5.78 Å². The summed E-state index contributed by atoms with van der Waals surface area (Å²) in [4.78, 5) is 13.2. The maximum atomic E-state index is 13.2. The second kappa shape index (κ2) is 8.16. The highest BCUT2D eigenvalue weighted by Gasteiger charge is 2.19. The molecule has 0 aliphatic carbocycles. The number of thioether (sulfide) groups is 1. The van der Waals surface area contributed by atoms with E-state index in [4.69, 9.17) is 4.74 Å². The zero-order chi connectivity index (χ0) is 21.4. The van der Waals surface area contributed by atoms with Crippen LogP contribution in [0.3, 0.4) is 0 Å². The third-order valence-electron chi connectivity index (χ3n) is 4.98. The number of aromatic nitrogens is 4. The van der Waals surface area contributed by atoms with Gasteiger partial charge in [0.25, 0.3) is 5.56 Å². The van der Waals surface area contributed by atoms with Gasteiger partial charge in [-0.05, 0) is 35.2 Å². The molecule has 0 spiro atoms. The van der Waals surface area contributed by atoms with Crippen LogP contribution in [0.4, 0.5) is 4.39 Å². The van der Waals surface area contributed by atoms with Crippen LogP contribution in [0.2, 0.25) is 0 Å². The van der Waals surface area contributed by atoms with Crippen molar-refractivity contribution < 1.29 is 9.13 Å². The maximum Gasteiger partial charge on any atom is 0.273 e. The third-order valence-corrected chi connectivity index (χ3v) is 6.88. The van der Waals surface area contributed by atoms with Crippen molar-refractivity contribution in [3.8, 4) is 5.75 Å². The smallest absolute Gasteiger partial charge is 0.273 e. The monoisotopic (exact) mass is 452 g/mol. The summed E-state index contributed by atoms with van der Waals surface area (Å²) in [6, 6.07) is 15.9. The molecule has 6 nitrogen and oxygen atoms in total. The lowest BCUT2D eigenvalue weighted by Crippen LogP contribution is -2.23. The number of fused-ring (bicyclic) bond motifs is 3.